The second-order valence-electron chi connectivity index (χ2n) is 12.5. The van der Waals surface area contributed by atoms with Gasteiger partial charge in [-0.1, -0.05) is 48.5 Å². The summed E-state index contributed by atoms with van der Waals surface area (Å²) in [6.07, 6.45) is 2.63. The van der Waals surface area contributed by atoms with Crippen molar-refractivity contribution < 1.29 is 37.0 Å². The molecule has 5 rings (SSSR count). The number of halogens is 2. The van der Waals surface area contributed by atoms with Crippen LogP contribution in [0, 0.1) is 11.6 Å². The lowest BCUT2D eigenvalue weighted by Crippen LogP contribution is -2.39. The number of hydrogen-bond donors (Lipinski definition) is 1. The minimum absolute atomic E-state index is 0.0412. The topological polar surface area (TPSA) is 99.9 Å². The molecule has 1 aliphatic carbocycles. The quantitative estimate of drug-likeness (QED) is 0.177. The maximum absolute atomic E-state index is 15.4. The summed E-state index contributed by atoms with van der Waals surface area (Å²) < 4.78 is 52.9. The van der Waals surface area contributed by atoms with Gasteiger partial charge < -0.3 is 23.9 Å². The summed E-state index contributed by atoms with van der Waals surface area (Å²) >= 11 is 0. The fraction of sp³-hybridized carbons (Fsp3) is 0.361. The molecule has 1 saturated carbocycles. The lowest BCUT2D eigenvalue weighted by atomic mass is 9.79. The van der Waals surface area contributed by atoms with E-state index in [0.717, 1.165) is 11.1 Å². The highest BCUT2D eigenvalue weighted by molar-refractivity contribution is 5.86. The number of carbonyl (C=O) groups excluding carboxylic acids is 2. The average Bonchev–Trinajstić information content (AvgIpc) is 3.66. The molecule has 10 heteroatoms. The fourth-order valence-electron chi connectivity index (χ4n) is 5.85. The van der Waals surface area contributed by atoms with Gasteiger partial charge in [0.2, 0.25) is 5.89 Å². The molecule has 242 valence electrons. The zero-order valence-corrected chi connectivity index (χ0v) is 26.4. The van der Waals surface area contributed by atoms with E-state index in [0.29, 0.717) is 31.6 Å². The Morgan fingerprint density at radius 2 is 1.78 bits per heavy atom. The number of hydrogen-bond acceptors (Lipinski definition) is 7. The molecular weight excluding hydrogens is 594 g/mol. The molecule has 1 aromatic heterocycles. The highest BCUT2D eigenvalue weighted by Crippen LogP contribution is 2.45. The Kier molecular flexibility index (Phi) is 9.74. The predicted molar refractivity (Wildman–Crippen MR) is 167 cm³/mol. The standard InChI is InChI=1S/C36H38F2N2O6/c1-5-43-32(41)30-22-45-33(40-30)36(17-16-25(20-36)39-34(42)46-35(2,3)4)19-24-14-15-28(37)27(18-24)26-12-9-13-29(38)31(26)44-21-23-10-7-6-8-11-23/h6-15,18,22,25H,5,16-17,19-21H2,1-4H3,(H,39,42)/t25-,36+/m0/s1. The van der Waals surface area contributed by atoms with Gasteiger partial charge in [-0.05, 0) is 82.7 Å². The summed E-state index contributed by atoms with van der Waals surface area (Å²) in [5, 5.41) is 2.94. The molecule has 0 saturated heterocycles. The first-order valence-electron chi connectivity index (χ1n) is 15.3. The van der Waals surface area contributed by atoms with Gasteiger partial charge in [-0.15, -0.1) is 0 Å². The Morgan fingerprint density at radius 1 is 1.00 bits per heavy atom. The Hall–Kier alpha value is -4.73. The minimum Gasteiger partial charge on any atom is -0.485 e. The number of amides is 1. The van der Waals surface area contributed by atoms with Gasteiger partial charge in [-0.25, -0.2) is 23.4 Å². The zero-order chi connectivity index (χ0) is 32.9. The van der Waals surface area contributed by atoms with E-state index >= 15 is 8.78 Å². The summed E-state index contributed by atoms with van der Waals surface area (Å²) in [7, 11) is 0. The monoisotopic (exact) mass is 632 g/mol. The van der Waals surface area contributed by atoms with Crippen LogP contribution >= 0.6 is 0 Å². The van der Waals surface area contributed by atoms with E-state index in [1.165, 1.54) is 24.5 Å². The lowest BCUT2D eigenvalue weighted by molar-refractivity contribution is 0.0498. The number of esters is 1. The number of nitrogens with one attached hydrogen (secondary N) is 1. The molecule has 0 unspecified atom stereocenters. The van der Waals surface area contributed by atoms with Crippen LogP contribution in [0.25, 0.3) is 11.1 Å². The summed E-state index contributed by atoms with van der Waals surface area (Å²) in [5.74, 6) is -1.48. The highest BCUT2D eigenvalue weighted by Gasteiger charge is 2.45. The highest BCUT2D eigenvalue weighted by atomic mass is 19.1. The van der Waals surface area contributed by atoms with Gasteiger partial charge in [0.05, 0.1) is 12.0 Å². The lowest BCUT2D eigenvalue weighted by Gasteiger charge is -2.27. The molecule has 1 amide bonds. The average molecular weight is 633 g/mol. The van der Waals surface area contributed by atoms with Gasteiger partial charge in [-0.2, -0.15) is 0 Å². The Balaban J connectivity index is 1.46. The van der Waals surface area contributed by atoms with E-state index in [4.69, 9.17) is 18.6 Å². The molecule has 1 fully saturated rings. The molecule has 4 aromatic rings. The fourth-order valence-corrected chi connectivity index (χ4v) is 5.85. The van der Waals surface area contributed by atoms with Crippen LogP contribution in [-0.4, -0.2) is 35.3 Å². The van der Waals surface area contributed by atoms with Gasteiger partial charge in [0.1, 0.15) is 24.3 Å². The molecule has 0 aliphatic heterocycles. The van der Waals surface area contributed by atoms with Crippen molar-refractivity contribution in [2.24, 2.45) is 0 Å². The Labute approximate surface area is 267 Å². The van der Waals surface area contributed by atoms with Gasteiger partial charge >= 0.3 is 12.1 Å². The summed E-state index contributed by atoms with van der Waals surface area (Å²) in [6, 6.07) is 18.2. The molecule has 1 heterocycles. The maximum Gasteiger partial charge on any atom is 0.407 e. The van der Waals surface area contributed by atoms with Crippen molar-refractivity contribution in [3.05, 3.63) is 107 Å². The van der Waals surface area contributed by atoms with Crippen LogP contribution in [0.2, 0.25) is 0 Å². The van der Waals surface area contributed by atoms with Crippen molar-refractivity contribution in [2.75, 3.05) is 6.61 Å². The third kappa shape index (κ3) is 7.73. The van der Waals surface area contributed by atoms with Crippen LogP contribution < -0.4 is 10.1 Å². The Bertz CT molecular complexity index is 1680. The second kappa shape index (κ2) is 13.7. The predicted octanol–water partition coefficient (Wildman–Crippen LogP) is 7.93. The molecule has 3 aromatic carbocycles. The van der Waals surface area contributed by atoms with Gasteiger partial charge in [-0.3, -0.25) is 0 Å². The van der Waals surface area contributed by atoms with E-state index in [1.807, 2.05) is 30.3 Å². The van der Waals surface area contributed by atoms with E-state index in [2.05, 4.69) is 10.3 Å². The first-order chi connectivity index (χ1) is 22.0. The van der Waals surface area contributed by atoms with Crippen LogP contribution in [0.1, 0.15) is 74.5 Å². The first-order valence-corrected chi connectivity index (χ1v) is 15.3. The molecule has 2 atom stereocenters. The zero-order valence-electron chi connectivity index (χ0n) is 26.4. The number of oxazole rings is 1. The van der Waals surface area contributed by atoms with Crippen LogP contribution in [-0.2, 0) is 27.9 Å². The molecule has 46 heavy (non-hydrogen) atoms. The van der Waals surface area contributed by atoms with E-state index in [-0.39, 0.29) is 41.8 Å². The third-order valence-electron chi connectivity index (χ3n) is 7.83. The minimum atomic E-state index is -0.756. The number of para-hydroxylation sites is 1. The number of benzene rings is 3. The molecule has 8 nitrogen and oxygen atoms in total. The molecular formula is C36H38F2N2O6. The van der Waals surface area contributed by atoms with Crippen molar-refractivity contribution in [1.82, 2.24) is 10.3 Å². The van der Waals surface area contributed by atoms with Gasteiger partial charge in [0, 0.05) is 17.2 Å². The molecule has 1 aliphatic rings. The third-order valence-corrected chi connectivity index (χ3v) is 7.83. The van der Waals surface area contributed by atoms with Gasteiger partial charge in [0.15, 0.2) is 17.3 Å². The van der Waals surface area contributed by atoms with Crippen molar-refractivity contribution in [1.29, 1.82) is 0 Å². The summed E-state index contributed by atoms with van der Waals surface area (Å²) in [6.45, 7) is 7.36. The summed E-state index contributed by atoms with van der Waals surface area (Å²) in [5.41, 5.74) is 0.646. The van der Waals surface area contributed by atoms with Crippen LogP contribution in [0.5, 0.6) is 5.75 Å². The van der Waals surface area contributed by atoms with Gasteiger partial charge in [0.25, 0.3) is 0 Å². The molecule has 0 spiro atoms. The van der Waals surface area contributed by atoms with Crippen molar-refractivity contribution in [3.63, 3.8) is 0 Å². The first kappa shape index (κ1) is 32.7. The summed E-state index contributed by atoms with van der Waals surface area (Å²) in [4.78, 5) is 29.5. The van der Waals surface area contributed by atoms with Crippen molar-refractivity contribution in [3.8, 4) is 16.9 Å². The SMILES string of the molecule is CCOC(=O)c1coc([C@@]2(Cc3ccc(F)c(-c4cccc(F)c4OCc4ccccc4)c3)CC[C@H](NC(=O)OC(C)(C)C)C2)n1. The largest absolute Gasteiger partial charge is 0.485 e. The number of aromatic nitrogens is 1. The van der Waals surface area contributed by atoms with E-state index < -0.39 is 34.7 Å². The van der Waals surface area contributed by atoms with E-state index in [1.54, 1.807) is 45.9 Å². The van der Waals surface area contributed by atoms with Crippen LogP contribution in [0.3, 0.4) is 0 Å². The van der Waals surface area contributed by atoms with Crippen molar-refractivity contribution in [2.45, 2.75) is 77.0 Å². The number of rotatable bonds is 10. The number of ether oxygens (including phenoxy) is 3. The number of nitrogens with zero attached hydrogens (tertiary/aromatic N) is 1. The molecule has 0 radical (unpaired) electrons. The smallest absolute Gasteiger partial charge is 0.407 e. The molecule has 0 bridgehead atoms. The Morgan fingerprint density at radius 3 is 2.52 bits per heavy atom. The molecule has 1 N–H and O–H groups in total. The normalized spacial score (nSPS) is 17.8. The van der Waals surface area contributed by atoms with Crippen molar-refractivity contribution >= 4 is 12.1 Å². The number of alkyl carbamates (subject to hydrolysis) is 1. The maximum atomic E-state index is 15.4. The van der Waals surface area contributed by atoms with E-state index in [9.17, 15) is 9.59 Å². The van der Waals surface area contributed by atoms with Crippen LogP contribution in [0.4, 0.5) is 13.6 Å². The second-order valence-corrected chi connectivity index (χ2v) is 12.5. The van der Waals surface area contributed by atoms with Crippen LogP contribution in [0.15, 0.2) is 77.4 Å². The number of carbonyl (C=O) groups is 2.